The second kappa shape index (κ2) is 6.61. The summed E-state index contributed by atoms with van der Waals surface area (Å²) in [5, 5.41) is 3.22. The molecule has 2 heterocycles. The van der Waals surface area contributed by atoms with Crippen LogP contribution in [0.2, 0.25) is 0 Å². The van der Waals surface area contributed by atoms with Gasteiger partial charge in [0.15, 0.2) is 0 Å². The maximum absolute atomic E-state index is 12.0. The van der Waals surface area contributed by atoms with Gasteiger partial charge in [0.25, 0.3) is 0 Å². The maximum Gasteiger partial charge on any atom is 0.240 e. The molecule has 0 aromatic carbocycles. The zero-order chi connectivity index (χ0) is 12.1. The van der Waals surface area contributed by atoms with Gasteiger partial charge in [0.2, 0.25) is 5.91 Å². The van der Waals surface area contributed by atoms with Crippen LogP contribution in [0.1, 0.15) is 25.7 Å². The number of hydrogen-bond acceptors (Lipinski definition) is 4. The van der Waals surface area contributed by atoms with Crippen molar-refractivity contribution < 1.29 is 9.53 Å². The molecule has 1 amide bonds. The molecule has 2 aliphatic heterocycles. The molecule has 0 spiro atoms. The molecule has 0 bridgehead atoms. The Bertz CT molecular complexity index is 251. The summed E-state index contributed by atoms with van der Waals surface area (Å²) in [6.07, 6.45) is 4.95. The van der Waals surface area contributed by atoms with E-state index in [1.165, 1.54) is 12.8 Å². The average molecular weight is 258 g/mol. The third kappa shape index (κ3) is 3.86. The molecule has 2 atom stereocenters. The molecule has 5 heteroatoms. The third-order valence-electron chi connectivity index (χ3n) is 3.45. The van der Waals surface area contributed by atoms with Crippen LogP contribution in [0.4, 0.5) is 0 Å². The Labute approximate surface area is 107 Å². The summed E-state index contributed by atoms with van der Waals surface area (Å²) in [5.41, 5.74) is 0. The lowest BCUT2D eigenvalue weighted by Gasteiger charge is -2.26. The third-order valence-corrected chi connectivity index (χ3v) is 4.39. The Morgan fingerprint density at radius 1 is 1.53 bits per heavy atom. The summed E-state index contributed by atoms with van der Waals surface area (Å²) in [6.45, 7) is 1.70. The summed E-state index contributed by atoms with van der Waals surface area (Å²) in [7, 11) is 1.90. The minimum atomic E-state index is 0.0253. The molecular formula is C12H22N2O2S. The summed E-state index contributed by atoms with van der Waals surface area (Å²) in [5.74, 6) is 2.03. The van der Waals surface area contributed by atoms with Gasteiger partial charge in [-0.25, -0.2) is 0 Å². The van der Waals surface area contributed by atoms with Crippen molar-refractivity contribution in [3.63, 3.8) is 0 Å². The van der Waals surface area contributed by atoms with Gasteiger partial charge in [0.05, 0.1) is 12.1 Å². The number of thioether (sulfide) groups is 1. The van der Waals surface area contributed by atoms with Gasteiger partial charge < -0.3 is 9.64 Å². The van der Waals surface area contributed by atoms with Gasteiger partial charge >= 0.3 is 0 Å². The number of hydrogen-bond donors (Lipinski definition) is 1. The van der Waals surface area contributed by atoms with Crippen LogP contribution >= 0.6 is 11.8 Å². The van der Waals surface area contributed by atoms with Crippen molar-refractivity contribution in [2.75, 3.05) is 31.8 Å². The molecule has 4 nitrogen and oxygen atoms in total. The fraction of sp³-hybridized carbons (Fsp3) is 0.917. The highest BCUT2D eigenvalue weighted by atomic mass is 32.2. The van der Waals surface area contributed by atoms with E-state index in [-0.39, 0.29) is 11.9 Å². The van der Waals surface area contributed by atoms with Crippen LogP contribution in [-0.2, 0) is 9.53 Å². The SMILES string of the molecule is CN(CCC1CCCCO1)C(=O)C1CSCN1. The van der Waals surface area contributed by atoms with Crippen LogP contribution in [-0.4, -0.2) is 54.8 Å². The fourth-order valence-electron chi connectivity index (χ4n) is 2.30. The predicted octanol–water partition coefficient (Wildman–Crippen LogP) is 1.07. The Morgan fingerprint density at radius 2 is 2.41 bits per heavy atom. The van der Waals surface area contributed by atoms with Crippen LogP contribution in [0, 0.1) is 0 Å². The lowest BCUT2D eigenvalue weighted by Crippen LogP contribution is -2.44. The molecule has 98 valence electrons. The lowest BCUT2D eigenvalue weighted by molar-refractivity contribution is -0.131. The minimum absolute atomic E-state index is 0.0253. The molecule has 2 fully saturated rings. The van der Waals surface area contributed by atoms with E-state index >= 15 is 0 Å². The van der Waals surface area contributed by atoms with E-state index in [4.69, 9.17) is 4.74 Å². The molecule has 0 aromatic rings. The lowest BCUT2D eigenvalue weighted by atomic mass is 10.1. The largest absolute Gasteiger partial charge is 0.378 e. The molecule has 0 aromatic heterocycles. The van der Waals surface area contributed by atoms with Crippen LogP contribution in [0.15, 0.2) is 0 Å². The van der Waals surface area contributed by atoms with Gasteiger partial charge in [-0.05, 0) is 25.7 Å². The van der Waals surface area contributed by atoms with Crippen LogP contribution < -0.4 is 5.32 Å². The number of carbonyl (C=O) groups is 1. The Balaban J connectivity index is 1.68. The van der Waals surface area contributed by atoms with Crippen molar-refractivity contribution >= 4 is 17.7 Å². The monoisotopic (exact) mass is 258 g/mol. The quantitative estimate of drug-likeness (QED) is 0.819. The summed E-state index contributed by atoms with van der Waals surface area (Å²) in [6, 6.07) is 0.0253. The van der Waals surface area contributed by atoms with E-state index in [1.54, 1.807) is 11.8 Å². The smallest absolute Gasteiger partial charge is 0.240 e. The maximum atomic E-state index is 12.0. The van der Waals surface area contributed by atoms with E-state index < -0.39 is 0 Å². The summed E-state index contributed by atoms with van der Waals surface area (Å²) in [4.78, 5) is 13.9. The van der Waals surface area contributed by atoms with Crippen molar-refractivity contribution in [1.29, 1.82) is 0 Å². The second-order valence-electron chi connectivity index (χ2n) is 4.81. The molecule has 0 aliphatic carbocycles. The number of likely N-dealkylation sites (N-methyl/N-ethyl adjacent to an activating group) is 1. The van der Waals surface area contributed by atoms with Crippen molar-refractivity contribution in [2.45, 2.75) is 37.8 Å². The van der Waals surface area contributed by atoms with E-state index in [0.717, 1.165) is 37.6 Å². The normalized spacial score (nSPS) is 29.2. The van der Waals surface area contributed by atoms with Gasteiger partial charge in [-0.2, -0.15) is 0 Å². The average Bonchev–Trinajstić information content (AvgIpc) is 2.90. The first-order chi connectivity index (χ1) is 8.27. The Kier molecular flexibility index (Phi) is 5.13. The summed E-state index contributed by atoms with van der Waals surface area (Å²) >= 11 is 1.79. The highest BCUT2D eigenvalue weighted by Gasteiger charge is 2.25. The predicted molar refractivity (Wildman–Crippen MR) is 70.1 cm³/mol. The molecule has 0 saturated carbocycles. The van der Waals surface area contributed by atoms with Crippen LogP contribution in [0.5, 0.6) is 0 Å². The van der Waals surface area contributed by atoms with Gasteiger partial charge in [-0.3, -0.25) is 10.1 Å². The van der Waals surface area contributed by atoms with E-state index in [2.05, 4.69) is 5.32 Å². The first kappa shape index (κ1) is 13.2. The first-order valence-electron chi connectivity index (χ1n) is 6.45. The zero-order valence-corrected chi connectivity index (χ0v) is 11.3. The standard InChI is InChI=1S/C12H22N2O2S/c1-14(12(15)11-8-17-9-13-11)6-5-10-4-2-3-7-16-10/h10-11,13H,2-9H2,1H3. The van der Waals surface area contributed by atoms with Crippen LogP contribution in [0.25, 0.3) is 0 Å². The Morgan fingerprint density at radius 3 is 3.06 bits per heavy atom. The van der Waals surface area contributed by atoms with Crippen LogP contribution in [0.3, 0.4) is 0 Å². The van der Waals surface area contributed by atoms with E-state index in [9.17, 15) is 4.79 Å². The van der Waals surface area contributed by atoms with Gasteiger partial charge in [-0.1, -0.05) is 0 Å². The van der Waals surface area contributed by atoms with Crippen molar-refractivity contribution in [3.05, 3.63) is 0 Å². The topological polar surface area (TPSA) is 41.6 Å². The fourth-order valence-corrected chi connectivity index (χ4v) is 3.24. The van der Waals surface area contributed by atoms with Crippen molar-refractivity contribution in [1.82, 2.24) is 10.2 Å². The molecule has 2 rings (SSSR count). The number of nitrogens with zero attached hydrogens (tertiary/aromatic N) is 1. The summed E-state index contributed by atoms with van der Waals surface area (Å²) < 4.78 is 5.68. The molecule has 0 radical (unpaired) electrons. The molecule has 2 saturated heterocycles. The molecule has 2 aliphatic rings. The van der Waals surface area contributed by atoms with Gasteiger partial charge in [0.1, 0.15) is 0 Å². The van der Waals surface area contributed by atoms with Crippen molar-refractivity contribution in [2.24, 2.45) is 0 Å². The second-order valence-corrected chi connectivity index (χ2v) is 5.84. The highest BCUT2D eigenvalue weighted by Crippen LogP contribution is 2.16. The van der Waals surface area contributed by atoms with E-state index in [0.29, 0.717) is 6.10 Å². The van der Waals surface area contributed by atoms with Gasteiger partial charge in [0, 0.05) is 31.8 Å². The minimum Gasteiger partial charge on any atom is -0.378 e. The molecule has 17 heavy (non-hydrogen) atoms. The first-order valence-corrected chi connectivity index (χ1v) is 7.60. The van der Waals surface area contributed by atoms with E-state index in [1.807, 2.05) is 11.9 Å². The molecule has 2 unspecified atom stereocenters. The number of carbonyl (C=O) groups excluding carboxylic acids is 1. The van der Waals surface area contributed by atoms with Gasteiger partial charge in [-0.15, -0.1) is 11.8 Å². The molecular weight excluding hydrogens is 236 g/mol. The number of amides is 1. The molecule has 1 N–H and O–H groups in total. The Hall–Kier alpha value is -0.260. The number of rotatable bonds is 4. The highest BCUT2D eigenvalue weighted by molar-refractivity contribution is 7.99. The van der Waals surface area contributed by atoms with Crippen molar-refractivity contribution in [3.8, 4) is 0 Å². The number of ether oxygens (including phenoxy) is 1. The zero-order valence-electron chi connectivity index (χ0n) is 10.5. The number of nitrogens with one attached hydrogen (secondary N) is 1.